The number of carbonyl (C=O) groups is 1. The summed E-state index contributed by atoms with van der Waals surface area (Å²) in [6.07, 6.45) is 4.03. The molecule has 0 saturated carbocycles. The van der Waals surface area contributed by atoms with Gasteiger partial charge in [0, 0.05) is 19.0 Å². The van der Waals surface area contributed by atoms with Gasteiger partial charge in [-0.3, -0.25) is 4.79 Å². The largest absolute Gasteiger partial charge is 0.356 e. The number of rotatable bonds is 11. The van der Waals surface area contributed by atoms with Crippen molar-refractivity contribution < 1.29 is 4.79 Å². The number of hydrogen-bond acceptors (Lipinski definition) is 3. The molecule has 0 unspecified atom stereocenters. The number of nitrogens with one attached hydrogen (secondary N) is 2. The van der Waals surface area contributed by atoms with Crippen molar-refractivity contribution in [1.82, 2.24) is 15.5 Å². The molecule has 4 nitrogen and oxygen atoms in total. The lowest BCUT2D eigenvalue weighted by Gasteiger charge is -2.16. The molecule has 0 atom stereocenters. The second-order valence-corrected chi connectivity index (χ2v) is 4.95. The predicted octanol–water partition coefficient (Wildman–Crippen LogP) is 1.25. The number of nitrogens with zero attached hydrogens (tertiary/aromatic N) is 1. The van der Waals surface area contributed by atoms with Gasteiger partial charge in [-0.15, -0.1) is 6.58 Å². The van der Waals surface area contributed by atoms with Crippen LogP contribution in [0.5, 0.6) is 0 Å². The fraction of sp³-hybridized carbons (Fsp3) is 0.786. The molecule has 0 aliphatic carbocycles. The average Bonchev–Trinajstić information content (AvgIpc) is 2.34. The highest BCUT2D eigenvalue weighted by Gasteiger charge is 2.05. The molecule has 0 aliphatic heterocycles. The second-order valence-electron chi connectivity index (χ2n) is 4.95. The highest BCUT2D eigenvalue weighted by Crippen LogP contribution is 1.92. The Morgan fingerprint density at radius 2 is 1.89 bits per heavy atom. The normalized spacial score (nSPS) is 10.9. The zero-order chi connectivity index (χ0) is 13.8. The van der Waals surface area contributed by atoms with Gasteiger partial charge in [0.2, 0.25) is 5.91 Å². The Morgan fingerprint density at radius 1 is 1.28 bits per heavy atom. The first-order valence-corrected chi connectivity index (χ1v) is 6.85. The molecule has 0 rings (SSSR count). The van der Waals surface area contributed by atoms with Gasteiger partial charge >= 0.3 is 0 Å². The summed E-state index contributed by atoms with van der Waals surface area (Å²) in [5, 5.41) is 6.22. The predicted molar refractivity (Wildman–Crippen MR) is 77.6 cm³/mol. The molecular weight excluding hydrogens is 226 g/mol. The van der Waals surface area contributed by atoms with Gasteiger partial charge in [0.25, 0.3) is 0 Å². The highest BCUT2D eigenvalue weighted by molar-refractivity contribution is 5.77. The lowest BCUT2D eigenvalue weighted by Crippen LogP contribution is -2.31. The molecule has 1 amide bonds. The topological polar surface area (TPSA) is 44.4 Å². The van der Waals surface area contributed by atoms with Crippen molar-refractivity contribution in [3.63, 3.8) is 0 Å². The fourth-order valence-corrected chi connectivity index (χ4v) is 1.55. The van der Waals surface area contributed by atoms with Crippen LogP contribution in [0.4, 0.5) is 0 Å². The highest BCUT2D eigenvalue weighted by atomic mass is 16.1. The van der Waals surface area contributed by atoms with E-state index in [-0.39, 0.29) is 11.8 Å². The monoisotopic (exact) mass is 255 g/mol. The quantitative estimate of drug-likeness (QED) is 0.431. The SMILES string of the molecule is C=CCNCCCN(C)CCCNC(=O)C(C)C. The lowest BCUT2D eigenvalue weighted by molar-refractivity contribution is -0.123. The molecule has 18 heavy (non-hydrogen) atoms. The number of carbonyl (C=O) groups excluding carboxylic acids is 1. The summed E-state index contributed by atoms with van der Waals surface area (Å²) < 4.78 is 0. The van der Waals surface area contributed by atoms with E-state index in [4.69, 9.17) is 0 Å². The second kappa shape index (κ2) is 11.2. The first-order chi connectivity index (χ1) is 8.57. The Labute approximate surface area is 112 Å². The molecule has 4 heteroatoms. The average molecular weight is 255 g/mol. The van der Waals surface area contributed by atoms with E-state index in [9.17, 15) is 4.79 Å². The molecule has 106 valence electrons. The molecule has 0 aliphatic rings. The van der Waals surface area contributed by atoms with E-state index in [0.29, 0.717) is 0 Å². The van der Waals surface area contributed by atoms with E-state index in [1.54, 1.807) is 0 Å². The number of hydrogen-bond donors (Lipinski definition) is 2. The van der Waals surface area contributed by atoms with Gasteiger partial charge in [0.05, 0.1) is 0 Å². The molecule has 2 N–H and O–H groups in total. The molecule has 0 fully saturated rings. The van der Waals surface area contributed by atoms with E-state index in [1.807, 2.05) is 19.9 Å². The van der Waals surface area contributed by atoms with Crippen LogP contribution >= 0.6 is 0 Å². The van der Waals surface area contributed by atoms with E-state index >= 15 is 0 Å². The van der Waals surface area contributed by atoms with Crippen LogP contribution in [0.25, 0.3) is 0 Å². The van der Waals surface area contributed by atoms with Crippen LogP contribution in [0.3, 0.4) is 0 Å². The minimum Gasteiger partial charge on any atom is -0.356 e. The first kappa shape index (κ1) is 17.1. The van der Waals surface area contributed by atoms with Gasteiger partial charge in [0.1, 0.15) is 0 Å². The zero-order valence-electron chi connectivity index (χ0n) is 12.2. The lowest BCUT2D eigenvalue weighted by atomic mass is 10.2. The third-order valence-electron chi connectivity index (χ3n) is 2.72. The van der Waals surface area contributed by atoms with Gasteiger partial charge in [0.15, 0.2) is 0 Å². The Bertz CT molecular complexity index is 229. The van der Waals surface area contributed by atoms with Crippen LogP contribution < -0.4 is 10.6 Å². The summed E-state index contributed by atoms with van der Waals surface area (Å²) in [5.74, 6) is 0.227. The molecule has 0 spiro atoms. The molecule has 0 aromatic heterocycles. The third-order valence-corrected chi connectivity index (χ3v) is 2.72. The van der Waals surface area contributed by atoms with E-state index in [1.165, 1.54) is 0 Å². The first-order valence-electron chi connectivity index (χ1n) is 6.85. The van der Waals surface area contributed by atoms with E-state index in [2.05, 4.69) is 29.2 Å². The Kier molecular flexibility index (Phi) is 10.7. The Morgan fingerprint density at radius 3 is 2.44 bits per heavy atom. The molecule has 0 aromatic carbocycles. The molecule has 0 radical (unpaired) electrons. The van der Waals surface area contributed by atoms with Crippen LogP contribution in [0, 0.1) is 5.92 Å². The summed E-state index contributed by atoms with van der Waals surface area (Å²) in [7, 11) is 2.12. The maximum atomic E-state index is 11.3. The smallest absolute Gasteiger partial charge is 0.222 e. The van der Waals surface area contributed by atoms with E-state index < -0.39 is 0 Å². The Hall–Kier alpha value is -0.870. The summed E-state index contributed by atoms with van der Waals surface area (Å²) >= 11 is 0. The molecule has 0 aromatic rings. The van der Waals surface area contributed by atoms with Crippen molar-refractivity contribution >= 4 is 5.91 Å². The minimum atomic E-state index is 0.0821. The van der Waals surface area contributed by atoms with Crippen molar-refractivity contribution in [3.8, 4) is 0 Å². The van der Waals surface area contributed by atoms with E-state index in [0.717, 1.165) is 45.6 Å². The molecule has 0 heterocycles. The van der Waals surface area contributed by atoms with Crippen LogP contribution in [0.15, 0.2) is 12.7 Å². The zero-order valence-corrected chi connectivity index (χ0v) is 12.2. The summed E-state index contributed by atoms with van der Waals surface area (Å²) in [5.41, 5.74) is 0. The van der Waals surface area contributed by atoms with Crippen molar-refractivity contribution in [2.24, 2.45) is 5.92 Å². The Balaban J connectivity index is 3.34. The van der Waals surface area contributed by atoms with Crippen LogP contribution in [-0.4, -0.2) is 50.6 Å². The molecule has 0 saturated heterocycles. The van der Waals surface area contributed by atoms with Crippen LogP contribution in [-0.2, 0) is 4.79 Å². The standard InChI is InChI=1S/C14H29N3O/c1-5-8-15-9-6-11-17(4)12-7-10-16-14(18)13(2)3/h5,13,15H,1,6-12H2,2-4H3,(H,16,18). The summed E-state index contributed by atoms with van der Waals surface area (Å²) in [4.78, 5) is 13.6. The van der Waals surface area contributed by atoms with Gasteiger partial charge in [-0.05, 0) is 39.5 Å². The van der Waals surface area contributed by atoms with Gasteiger partial charge in [-0.1, -0.05) is 19.9 Å². The third kappa shape index (κ3) is 10.3. The van der Waals surface area contributed by atoms with Gasteiger partial charge in [-0.2, -0.15) is 0 Å². The van der Waals surface area contributed by atoms with Crippen molar-refractivity contribution in [2.75, 3.05) is 39.8 Å². The van der Waals surface area contributed by atoms with Crippen LogP contribution in [0.2, 0.25) is 0 Å². The van der Waals surface area contributed by atoms with Crippen molar-refractivity contribution in [1.29, 1.82) is 0 Å². The van der Waals surface area contributed by atoms with Gasteiger partial charge < -0.3 is 15.5 Å². The minimum absolute atomic E-state index is 0.0821. The van der Waals surface area contributed by atoms with Crippen LogP contribution in [0.1, 0.15) is 26.7 Å². The van der Waals surface area contributed by atoms with Crippen molar-refractivity contribution in [2.45, 2.75) is 26.7 Å². The molecular formula is C14H29N3O. The maximum absolute atomic E-state index is 11.3. The fourth-order valence-electron chi connectivity index (χ4n) is 1.55. The van der Waals surface area contributed by atoms with Crippen molar-refractivity contribution in [3.05, 3.63) is 12.7 Å². The summed E-state index contributed by atoms with van der Waals surface area (Å²) in [6.45, 7) is 12.3. The molecule has 0 bridgehead atoms. The maximum Gasteiger partial charge on any atom is 0.222 e. The summed E-state index contributed by atoms with van der Waals surface area (Å²) in [6, 6.07) is 0. The number of amides is 1. The van der Waals surface area contributed by atoms with Gasteiger partial charge in [-0.25, -0.2) is 0 Å².